The van der Waals surface area contributed by atoms with E-state index in [1.54, 1.807) is 6.07 Å². The van der Waals surface area contributed by atoms with Gasteiger partial charge in [-0.25, -0.2) is 0 Å². The lowest BCUT2D eigenvalue weighted by Crippen LogP contribution is -2.03. The van der Waals surface area contributed by atoms with E-state index in [9.17, 15) is 8.42 Å². The van der Waals surface area contributed by atoms with E-state index in [0.717, 1.165) is 5.56 Å². The van der Waals surface area contributed by atoms with Crippen LogP contribution in [0.25, 0.3) is 0 Å². The molecule has 72 valence electrons. The zero-order valence-electron chi connectivity index (χ0n) is 7.19. The first-order valence-corrected chi connectivity index (χ1v) is 5.25. The minimum Gasteiger partial charge on any atom is -0.398 e. The smallest absolute Gasteiger partial charge is 0.296 e. The topological polar surface area (TPSA) is 80.4 Å². The van der Waals surface area contributed by atoms with Gasteiger partial charge in [-0.15, -0.1) is 0 Å². The summed E-state index contributed by atoms with van der Waals surface area (Å²) in [6.45, 7) is 1.89. The van der Waals surface area contributed by atoms with Crippen LogP contribution in [0.3, 0.4) is 0 Å². The third-order valence-electron chi connectivity index (χ3n) is 1.76. The summed E-state index contributed by atoms with van der Waals surface area (Å²) in [5.41, 5.74) is 6.28. The van der Waals surface area contributed by atoms with Crippen LogP contribution in [0.1, 0.15) is 12.5 Å². The largest absolute Gasteiger partial charge is 0.398 e. The van der Waals surface area contributed by atoms with E-state index in [4.69, 9.17) is 10.3 Å². The molecule has 0 spiro atoms. The van der Waals surface area contributed by atoms with Gasteiger partial charge in [0.05, 0.1) is 5.69 Å². The Morgan fingerprint density at radius 2 is 2.08 bits per heavy atom. The van der Waals surface area contributed by atoms with Gasteiger partial charge in [-0.1, -0.05) is 13.0 Å². The van der Waals surface area contributed by atoms with Crippen LogP contribution in [0.15, 0.2) is 23.1 Å². The molecule has 0 amide bonds. The Morgan fingerprint density at radius 1 is 1.46 bits per heavy atom. The maximum absolute atomic E-state index is 10.8. The molecule has 0 bridgehead atoms. The quantitative estimate of drug-likeness (QED) is 0.554. The van der Waals surface area contributed by atoms with E-state index in [1.807, 2.05) is 6.92 Å². The molecule has 13 heavy (non-hydrogen) atoms. The predicted molar refractivity (Wildman–Crippen MR) is 50.0 cm³/mol. The maximum atomic E-state index is 10.8. The highest BCUT2D eigenvalue weighted by atomic mass is 32.2. The molecule has 1 aromatic rings. The summed E-state index contributed by atoms with van der Waals surface area (Å²) in [6, 6.07) is 4.58. The Bertz CT molecular complexity index is 411. The van der Waals surface area contributed by atoms with Crippen LogP contribution in [-0.2, 0) is 16.5 Å². The lowest BCUT2D eigenvalue weighted by Gasteiger charge is -2.03. The van der Waals surface area contributed by atoms with Gasteiger partial charge in [0.15, 0.2) is 0 Å². The molecule has 5 heteroatoms. The highest BCUT2D eigenvalue weighted by Gasteiger charge is 2.13. The zero-order chi connectivity index (χ0) is 10.1. The number of aryl methyl sites for hydroxylation is 1. The third kappa shape index (κ3) is 2.19. The van der Waals surface area contributed by atoms with Gasteiger partial charge in [-0.05, 0) is 24.1 Å². The molecule has 0 fully saturated rings. The minimum absolute atomic E-state index is 0.0692. The van der Waals surface area contributed by atoms with E-state index < -0.39 is 10.1 Å². The number of benzene rings is 1. The maximum Gasteiger partial charge on any atom is 0.296 e. The van der Waals surface area contributed by atoms with Crippen molar-refractivity contribution in [1.29, 1.82) is 0 Å². The first-order valence-electron chi connectivity index (χ1n) is 3.81. The van der Waals surface area contributed by atoms with Crippen molar-refractivity contribution in [3.8, 4) is 0 Å². The first-order chi connectivity index (χ1) is 5.95. The van der Waals surface area contributed by atoms with Crippen molar-refractivity contribution in [2.24, 2.45) is 0 Å². The number of anilines is 1. The van der Waals surface area contributed by atoms with Crippen LogP contribution in [0.5, 0.6) is 0 Å². The summed E-state index contributed by atoms with van der Waals surface area (Å²) in [6.07, 6.45) is 0.697. The molecule has 0 aliphatic heterocycles. The Balaban J connectivity index is 3.36. The van der Waals surface area contributed by atoms with Crippen molar-refractivity contribution < 1.29 is 13.0 Å². The molecule has 0 saturated heterocycles. The summed E-state index contributed by atoms with van der Waals surface area (Å²) < 4.78 is 30.4. The van der Waals surface area contributed by atoms with Crippen LogP contribution < -0.4 is 5.73 Å². The van der Waals surface area contributed by atoms with E-state index in [1.165, 1.54) is 12.1 Å². The summed E-state index contributed by atoms with van der Waals surface area (Å²) in [5.74, 6) is 0. The second-order valence-corrected chi connectivity index (χ2v) is 4.09. The number of rotatable bonds is 2. The van der Waals surface area contributed by atoms with E-state index in [2.05, 4.69) is 0 Å². The predicted octanol–water partition coefficient (Wildman–Crippen LogP) is 1.08. The van der Waals surface area contributed by atoms with E-state index >= 15 is 0 Å². The fourth-order valence-corrected chi connectivity index (χ4v) is 1.69. The molecule has 0 aliphatic carbocycles. The van der Waals surface area contributed by atoms with Gasteiger partial charge in [0, 0.05) is 0 Å². The fraction of sp³-hybridized carbons (Fsp3) is 0.250. The van der Waals surface area contributed by atoms with Crippen molar-refractivity contribution in [3.63, 3.8) is 0 Å². The number of nitrogens with two attached hydrogens (primary N) is 1. The van der Waals surface area contributed by atoms with Crippen LogP contribution in [-0.4, -0.2) is 13.0 Å². The molecule has 0 aromatic heterocycles. The summed E-state index contributed by atoms with van der Waals surface area (Å²) in [4.78, 5) is -0.216. The summed E-state index contributed by atoms with van der Waals surface area (Å²) in [5, 5.41) is 0. The number of hydrogen-bond acceptors (Lipinski definition) is 3. The standard InChI is InChI=1S/C8H11NO3S/c1-2-6-3-4-7(9)8(5-6)13(10,11)12/h3-5H,2,9H2,1H3,(H,10,11,12). The van der Waals surface area contributed by atoms with Crippen LogP contribution in [0.2, 0.25) is 0 Å². The van der Waals surface area contributed by atoms with Gasteiger partial charge in [0.25, 0.3) is 10.1 Å². The number of hydrogen-bond donors (Lipinski definition) is 2. The van der Waals surface area contributed by atoms with Gasteiger partial charge < -0.3 is 5.73 Å². The highest BCUT2D eigenvalue weighted by molar-refractivity contribution is 7.86. The normalized spacial score (nSPS) is 11.5. The van der Waals surface area contributed by atoms with Gasteiger partial charge in [0.1, 0.15) is 4.90 Å². The lowest BCUT2D eigenvalue weighted by atomic mass is 10.1. The second kappa shape index (κ2) is 3.35. The average Bonchev–Trinajstić information content (AvgIpc) is 2.03. The summed E-state index contributed by atoms with van der Waals surface area (Å²) in [7, 11) is -4.19. The monoisotopic (exact) mass is 201 g/mol. The van der Waals surface area contributed by atoms with Gasteiger partial charge in [0.2, 0.25) is 0 Å². The van der Waals surface area contributed by atoms with Crippen LogP contribution in [0.4, 0.5) is 5.69 Å². The third-order valence-corrected chi connectivity index (χ3v) is 2.67. The SMILES string of the molecule is CCc1ccc(N)c(S(=O)(=O)O)c1. The zero-order valence-corrected chi connectivity index (χ0v) is 8.00. The molecule has 0 heterocycles. The average molecular weight is 201 g/mol. The highest BCUT2D eigenvalue weighted by Crippen LogP contribution is 2.19. The lowest BCUT2D eigenvalue weighted by molar-refractivity contribution is 0.483. The first kappa shape index (κ1) is 10.0. The van der Waals surface area contributed by atoms with Gasteiger partial charge in [-0.3, -0.25) is 4.55 Å². The van der Waals surface area contributed by atoms with E-state index in [-0.39, 0.29) is 10.6 Å². The van der Waals surface area contributed by atoms with Crippen LogP contribution in [0, 0.1) is 0 Å². The Hall–Kier alpha value is -1.07. The van der Waals surface area contributed by atoms with Gasteiger partial charge >= 0.3 is 0 Å². The molecular weight excluding hydrogens is 190 g/mol. The molecule has 1 aromatic carbocycles. The minimum atomic E-state index is -4.19. The van der Waals surface area contributed by atoms with Crippen molar-refractivity contribution in [1.82, 2.24) is 0 Å². The molecule has 4 nitrogen and oxygen atoms in total. The molecule has 0 atom stereocenters. The van der Waals surface area contributed by atoms with Crippen molar-refractivity contribution >= 4 is 15.8 Å². The molecule has 3 N–H and O–H groups in total. The van der Waals surface area contributed by atoms with Crippen molar-refractivity contribution in [2.45, 2.75) is 18.2 Å². The molecule has 0 radical (unpaired) electrons. The van der Waals surface area contributed by atoms with Crippen molar-refractivity contribution in [3.05, 3.63) is 23.8 Å². The van der Waals surface area contributed by atoms with Crippen molar-refractivity contribution in [2.75, 3.05) is 5.73 Å². The van der Waals surface area contributed by atoms with Crippen LogP contribution >= 0.6 is 0 Å². The molecular formula is C8H11NO3S. The number of nitrogen functional groups attached to an aromatic ring is 1. The summed E-state index contributed by atoms with van der Waals surface area (Å²) >= 11 is 0. The fourth-order valence-electron chi connectivity index (χ4n) is 1.02. The van der Waals surface area contributed by atoms with E-state index in [0.29, 0.717) is 6.42 Å². The second-order valence-electron chi connectivity index (χ2n) is 2.70. The molecule has 0 saturated carbocycles. The van der Waals surface area contributed by atoms with Gasteiger partial charge in [-0.2, -0.15) is 8.42 Å². The molecule has 0 aliphatic rings. The Labute approximate surface area is 77.1 Å². The Morgan fingerprint density at radius 3 is 2.54 bits per heavy atom. The molecule has 0 unspecified atom stereocenters. The Kier molecular flexibility index (Phi) is 2.58. The molecule has 1 rings (SSSR count).